The van der Waals surface area contributed by atoms with Crippen LogP contribution in [0.1, 0.15) is 28.5 Å². The molecule has 1 aliphatic heterocycles. The first kappa shape index (κ1) is 20.0. The lowest BCUT2D eigenvalue weighted by Crippen LogP contribution is -2.43. The largest absolute Gasteiger partial charge is 0.379 e. The summed E-state index contributed by atoms with van der Waals surface area (Å²) in [6, 6.07) is 6.05. The van der Waals surface area contributed by atoms with Gasteiger partial charge >= 0.3 is 0 Å². The van der Waals surface area contributed by atoms with Crippen molar-refractivity contribution in [2.45, 2.75) is 27.3 Å². The van der Waals surface area contributed by atoms with E-state index < -0.39 is 0 Å². The molecule has 4 rings (SSSR count). The maximum Gasteiger partial charge on any atom is 0.278 e. The predicted octanol–water partition coefficient (Wildman–Crippen LogP) is 3.11. The fraction of sp³-hybridized carbons (Fsp3) is 0.476. The van der Waals surface area contributed by atoms with E-state index in [4.69, 9.17) is 9.72 Å². The Kier molecular flexibility index (Phi) is 5.94. The van der Waals surface area contributed by atoms with Crippen LogP contribution in [0.15, 0.2) is 24.4 Å². The average Bonchev–Trinajstić information content (AvgIpc) is 3.36. The van der Waals surface area contributed by atoms with Gasteiger partial charge in [-0.25, -0.2) is 4.98 Å². The van der Waals surface area contributed by atoms with Crippen LogP contribution in [0.5, 0.6) is 0 Å². The Morgan fingerprint density at radius 2 is 2.00 bits per heavy atom. The number of morpholine rings is 1. The predicted molar refractivity (Wildman–Crippen MR) is 116 cm³/mol. The van der Waals surface area contributed by atoms with Gasteiger partial charge in [0.2, 0.25) is 0 Å². The molecule has 1 saturated heterocycles. The van der Waals surface area contributed by atoms with Gasteiger partial charge in [-0.1, -0.05) is 11.3 Å². The van der Waals surface area contributed by atoms with Crippen LogP contribution in [-0.2, 0) is 11.3 Å². The number of hydrogen-bond donors (Lipinski definition) is 0. The summed E-state index contributed by atoms with van der Waals surface area (Å²) in [5.74, 6) is -0.0508. The van der Waals surface area contributed by atoms with Crippen LogP contribution in [0.4, 0.5) is 5.13 Å². The Hall–Kier alpha value is -2.29. The summed E-state index contributed by atoms with van der Waals surface area (Å²) < 4.78 is 8.30. The zero-order valence-corrected chi connectivity index (χ0v) is 18.0. The second-order valence-corrected chi connectivity index (χ2v) is 8.35. The van der Waals surface area contributed by atoms with Crippen LogP contribution in [0.2, 0.25) is 0 Å². The summed E-state index contributed by atoms with van der Waals surface area (Å²) in [6.07, 6.45) is 1.68. The summed E-state index contributed by atoms with van der Waals surface area (Å²) in [6.45, 7) is 11.5. The third-order valence-corrected chi connectivity index (χ3v) is 6.49. The molecular weight excluding hydrogens is 386 g/mol. The van der Waals surface area contributed by atoms with E-state index in [-0.39, 0.29) is 5.91 Å². The number of aromatic nitrogens is 3. The van der Waals surface area contributed by atoms with Crippen molar-refractivity contribution >= 4 is 32.6 Å². The zero-order valence-electron chi connectivity index (χ0n) is 17.2. The van der Waals surface area contributed by atoms with E-state index in [2.05, 4.69) is 36.0 Å². The second-order valence-electron chi connectivity index (χ2n) is 7.34. The highest BCUT2D eigenvalue weighted by molar-refractivity contribution is 7.22. The van der Waals surface area contributed by atoms with Gasteiger partial charge < -0.3 is 4.74 Å². The first-order chi connectivity index (χ1) is 14.1. The summed E-state index contributed by atoms with van der Waals surface area (Å²) in [5.41, 5.74) is 4.00. The lowest BCUT2D eigenvalue weighted by molar-refractivity contribution is 0.0391. The molecule has 0 aliphatic carbocycles. The molecule has 0 atom stereocenters. The van der Waals surface area contributed by atoms with E-state index in [1.807, 2.05) is 11.8 Å². The minimum Gasteiger partial charge on any atom is -0.379 e. The molecule has 1 amide bonds. The summed E-state index contributed by atoms with van der Waals surface area (Å²) in [5, 5.41) is 5.02. The van der Waals surface area contributed by atoms with Crippen molar-refractivity contribution in [1.82, 2.24) is 19.7 Å². The standard InChI is InChI=1S/C21H27N5O2S/c1-4-26-18(5-6-22-26)20(27)25(8-7-24-9-11-28-12-10-24)21-23-17-13-15(2)16(3)14-19(17)29-21/h5-6,13-14H,4,7-12H2,1-3H3. The smallest absolute Gasteiger partial charge is 0.278 e. The Morgan fingerprint density at radius 1 is 1.24 bits per heavy atom. The van der Waals surface area contributed by atoms with Crippen molar-refractivity contribution in [2.24, 2.45) is 0 Å². The van der Waals surface area contributed by atoms with Gasteiger partial charge in [-0.15, -0.1) is 0 Å². The number of fused-ring (bicyclic) bond motifs is 1. The molecule has 8 heteroatoms. The van der Waals surface area contributed by atoms with Crippen molar-refractivity contribution in [2.75, 3.05) is 44.3 Å². The van der Waals surface area contributed by atoms with Gasteiger partial charge in [-0.2, -0.15) is 5.10 Å². The molecule has 3 heterocycles. The highest BCUT2D eigenvalue weighted by Crippen LogP contribution is 2.31. The highest BCUT2D eigenvalue weighted by Gasteiger charge is 2.25. The normalized spacial score (nSPS) is 15.1. The first-order valence-corrected chi connectivity index (χ1v) is 10.9. The lowest BCUT2D eigenvalue weighted by atomic mass is 10.1. The third kappa shape index (κ3) is 4.19. The number of carbonyl (C=O) groups is 1. The van der Waals surface area contributed by atoms with E-state index in [1.54, 1.807) is 28.3 Å². The van der Waals surface area contributed by atoms with Crippen molar-refractivity contribution in [1.29, 1.82) is 0 Å². The van der Waals surface area contributed by atoms with Gasteiger partial charge in [0.25, 0.3) is 5.91 Å². The van der Waals surface area contributed by atoms with Gasteiger partial charge in [0.05, 0.1) is 23.4 Å². The molecule has 0 unspecified atom stereocenters. The first-order valence-electron chi connectivity index (χ1n) is 10.1. The third-order valence-electron chi connectivity index (χ3n) is 5.45. The van der Waals surface area contributed by atoms with Crippen molar-refractivity contribution in [3.05, 3.63) is 41.2 Å². The average molecular weight is 414 g/mol. The summed E-state index contributed by atoms with van der Waals surface area (Å²) >= 11 is 1.58. The number of anilines is 1. The Morgan fingerprint density at radius 3 is 2.76 bits per heavy atom. The number of thiazole rings is 1. The van der Waals surface area contributed by atoms with Gasteiger partial charge in [0, 0.05) is 38.9 Å². The highest BCUT2D eigenvalue weighted by atomic mass is 32.1. The van der Waals surface area contributed by atoms with Crippen LogP contribution in [0.3, 0.4) is 0 Å². The number of hydrogen-bond acceptors (Lipinski definition) is 6. The van der Waals surface area contributed by atoms with Gasteiger partial charge in [-0.05, 0) is 50.1 Å². The molecule has 0 N–H and O–H groups in total. The molecule has 2 aromatic heterocycles. The van der Waals surface area contributed by atoms with E-state index in [9.17, 15) is 4.79 Å². The lowest BCUT2D eigenvalue weighted by Gasteiger charge is -2.29. The van der Waals surface area contributed by atoms with Gasteiger partial charge in [-0.3, -0.25) is 19.3 Å². The number of benzene rings is 1. The molecule has 154 valence electrons. The number of aryl methyl sites for hydroxylation is 3. The molecule has 1 fully saturated rings. The SMILES string of the molecule is CCn1nccc1C(=O)N(CCN1CCOCC1)c1nc2cc(C)c(C)cc2s1. The molecule has 0 saturated carbocycles. The van der Waals surface area contributed by atoms with Crippen LogP contribution in [-0.4, -0.2) is 65.0 Å². The quantitative estimate of drug-likeness (QED) is 0.621. The molecular formula is C21H27N5O2S. The Labute approximate surface area is 174 Å². The maximum absolute atomic E-state index is 13.5. The van der Waals surface area contributed by atoms with Gasteiger partial charge in [0.1, 0.15) is 5.69 Å². The molecule has 0 bridgehead atoms. The van der Waals surface area contributed by atoms with Gasteiger partial charge in [0.15, 0.2) is 5.13 Å². The van der Waals surface area contributed by atoms with E-state index >= 15 is 0 Å². The van der Waals surface area contributed by atoms with Crippen LogP contribution < -0.4 is 4.90 Å². The number of carbonyl (C=O) groups excluding carboxylic acids is 1. The molecule has 29 heavy (non-hydrogen) atoms. The minimum absolute atomic E-state index is 0.0508. The molecule has 0 radical (unpaired) electrons. The van der Waals surface area contributed by atoms with Crippen molar-refractivity contribution < 1.29 is 9.53 Å². The number of rotatable bonds is 6. The molecule has 0 spiro atoms. The van der Waals surface area contributed by atoms with E-state index in [0.29, 0.717) is 18.8 Å². The fourth-order valence-electron chi connectivity index (χ4n) is 3.54. The molecule has 1 aliphatic rings. The maximum atomic E-state index is 13.5. The number of nitrogens with zero attached hydrogens (tertiary/aromatic N) is 5. The summed E-state index contributed by atoms with van der Waals surface area (Å²) in [7, 11) is 0. The fourth-order valence-corrected chi connectivity index (χ4v) is 4.61. The number of amides is 1. The summed E-state index contributed by atoms with van der Waals surface area (Å²) in [4.78, 5) is 22.4. The second kappa shape index (κ2) is 8.61. The topological polar surface area (TPSA) is 63.5 Å². The molecule has 1 aromatic carbocycles. The minimum atomic E-state index is -0.0508. The zero-order chi connectivity index (χ0) is 20.4. The van der Waals surface area contributed by atoms with Crippen LogP contribution in [0, 0.1) is 13.8 Å². The van der Waals surface area contributed by atoms with Crippen molar-refractivity contribution in [3.63, 3.8) is 0 Å². The van der Waals surface area contributed by atoms with Crippen molar-refractivity contribution in [3.8, 4) is 0 Å². The molecule has 3 aromatic rings. The monoisotopic (exact) mass is 413 g/mol. The van der Waals surface area contributed by atoms with Crippen LogP contribution >= 0.6 is 11.3 Å². The van der Waals surface area contributed by atoms with Crippen LogP contribution in [0.25, 0.3) is 10.2 Å². The molecule has 7 nitrogen and oxygen atoms in total. The van der Waals surface area contributed by atoms with E-state index in [0.717, 1.165) is 48.2 Å². The number of ether oxygens (including phenoxy) is 1. The Balaban J connectivity index is 1.66. The Bertz CT molecular complexity index is 967. The van der Waals surface area contributed by atoms with E-state index in [1.165, 1.54) is 11.1 Å².